The Bertz CT molecular complexity index is 1270. The zero-order valence-electron chi connectivity index (χ0n) is 16.4. The molecular weight excluding hydrogens is 466 g/mol. The van der Waals surface area contributed by atoms with Crippen LogP contribution in [0.1, 0.15) is 18.9 Å². The summed E-state index contributed by atoms with van der Waals surface area (Å²) in [4.78, 5) is 52.6. The van der Waals surface area contributed by atoms with E-state index in [0.717, 1.165) is 4.47 Å². The number of fused-ring (bicyclic) bond motifs is 1. The molecule has 2 heterocycles. The summed E-state index contributed by atoms with van der Waals surface area (Å²) in [6.07, 6.45) is 1.52. The number of benzene rings is 2. The van der Waals surface area contributed by atoms with Crippen LogP contribution in [0.25, 0.3) is 10.9 Å². The van der Waals surface area contributed by atoms with Crippen molar-refractivity contribution in [1.29, 1.82) is 0 Å². The third-order valence-electron chi connectivity index (χ3n) is 5.16. The maximum Gasteiger partial charge on any atom is 0.322 e. The van der Waals surface area contributed by atoms with Crippen molar-refractivity contribution in [3.63, 3.8) is 0 Å². The average Bonchev–Trinajstić information content (AvgIpc) is 3.00. The standard InChI is InChI=1S/C21H18BrN5O4/c1-21(19(30)25-20(31)26-21)12-2-5-14(6-3-12)24-17(28)8-9-27-11-23-16-7-4-13(22)10-15(16)18(27)29/h2-7,10-11H,8-9H2,1H3,(H,24,28)(H2,25,26,30,31). The van der Waals surface area contributed by atoms with Gasteiger partial charge in [0.2, 0.25) is 5.91 Å². The van der Waals surface area contributed by atoms with Gasteiger partial charge >= 0.3 is 6.03 Å². The lowest BCUT2D eigenvalue weighted by atomic mass is 9.92. The van der Waals surface area contributed by atoms with E-state index in [4.69, 9.17) is 0 Å². The Kier molecular flexibility index (Phi) is 5.32. The molecule has 1 aliphatic rings. The normalized spacial score (nSPS) is 18.0. The van der Waals surface area contributed by atoms with E-state index in [-0.39, 0.29) is 24.4 Å². The first-order valence-electron chi connectivity index (χ1n) is 9.45. The molecule has 1 aromatic heterocycles. The first-order valence-corrected chi connectivity index (χ1v) is 10.2. The van der Waals surface area contributed by atoms with E-state index < -0.39 is 17.5 Å². The summed E-state index contributed by atoms with van der Waals surface area (Å²) >= 11 is 3.34. The zero-order valence-corrected chi connectivity index (χ0v) is 18.0. The highest BCUT2D eigenvalue weighted by Crippen LogP contribution is 2.25. The highest BCUT2D eigenvalue weighted by Gasteiger charge is 2.43. The monoisotopic (exact) mass is 483 g/mol. The molecule has 3 aromatic rings. The number of nitrogens with one attached hydrogen (secondary N) is 3. The molecule has 0 aliphatic carbocycles. The fourth-order valence-corrected chi connectivity index (χ4v) is 3.73. The van der Waals surface area contributed by atoms with E-state index in [0.29, 0.717) is 22.2 Å². The van der Waals surface area contributed by atoms with Crippen molar-refractivity contribution in [1.82, 2.24) is 20.2 Å². The summed E-state index contributed by atoms with van der Waals surface area (Å²) in [6, 6.07) is 11.3. The number of urea groups is 1. The average molecular weight is 484 g/mol. The van der Waals surface area contributed by atoms with Gasteiger partial charge in [-0.25, -0.2) is 9.78 Å². The lowest BCUT2D eigenvalue weighted by Crippen LogP contribution is -2.40. The maximum atomic E-state index is 12.6. The number of carbonyl (C=O) groups is 3. The van der Waals surface area contributed by atoms with Crippen LogP contribution < -0.4 is 21.5 Å². The quantitative estimate of drug-likeness (QED) is 0.480. The first kappa shape index (κ1) is 20.7. The molecule has 10 heteroatoms. The molecule has 1 fully saturated rings. The largest absolute Gasteiger partial charge is 0.326 e. The molecule has 1 atom stereocenters. The highest BCUT2D eigenvalue weighted by atomic mass is 79.9. The Balaban J connectivity index is 1.41. The summed E-state index contributed by atoms with van der Waals surface area (Å²) in [5, 5.41) is 8.03. The predicted molar refractivity (Wildman–Crippen MR) is 117 cm³/mol. The van der Waals surface area contributed by atoms with Crippen LogP contribution in [0.15, 0.2) is 58.1 Å². The van der Waals surface area contributed by atoms with Gasteiger partial charge in [0.15, 0.2) is 0 Å². The van der Waals surface area contributed by atoms with Crippen LogP contribution >= 0.6 is 15.9 Å². The molecule has 31 heavy (non-hydrogen) atoms. The van der Waals surface area contributed by atoms with Gasteiger partial charge in [-0.15, -0.1) is 0 Å². The molecular formula is C21H18BrN5O4. The smallest absolute Gasteiger partial charge is 0.322 e. The molecule has 0 spiro atoms. The molecule has 0 saturated carbocycles. The summed E-state index contributed by atoms with van der Waals surface area (Å²) in [7, 11) is 0. The Morgan fingerprint density at radius 1 is 1.16 bits per heavy atom. The van der Waals surface area contributed by atoms with Crippen molar-refractivity contribution in [2.24, 2.45) is 0 Å². The summed E-state index contributed by atoms with van der Waals surface area (Å²) in [6.45, 7) is 1.79. The Morgan fingerprint density at radius 3 is 2.58 bits per heavy atom. The molecule has 0 bridgehead atoms. The Morgan fingerprint density at radius 2 is 1.90 bits per heavy atom. The second-order valence-electron chi connectivity index (χ2n) is 7.31. The van der Waals surface area contributed by atoms with Crippen LogP contribution in [0, 0.1) is 0 Å². The molecule has 1 unspecified atom stereocenters. The van der Waals surface area contributed by atoms with Crippen LogP contribution in [-0.4, -0.2) is 27.4 Å². The number of aryl methyl sites for hydroxylation is 1. The third kappa shape index (κ3) is 4.06. The van der Waals surface area contributed by atoms with Crippen LogP contribution in [0.3, 0.4) is 0 Å². The van der Waals surface area contributed by atoms with Crippen molar-refractivity contribution >= 4 is 50.4 Å². The lowest BCUT2D eigenvalue weighted by Gasteiger charge is -2.21. The van der Waals surface area contributed by atoms with E-state index in [1.165, 1.54) is 10.9 Å². The van der Waals surface area contributed by atoms with Gasteiger partial charge in [0.1, 0.15) is 5.54 Å². The van der Waals surface area contributed by atoms with Gasteiger partial charge in [0.05, 0.1) is 17.2 Å². The van der Waals surface area contributed by atoms with Gasteiger partial charge in [-0.1, -0.05) is 28.1 Å². The van der Waals surface area contributed by atoms with Gasteiger partial charge in [0.25, 0.3) is 11.5 Å². The lowest BCUT2D eigenvalue weighted by molar-refractivity contribution is -0.123. The van der Waals surface area contributed by atoms with Crippen molar-refractivity contribution in [2.75, 3.05) is 5.32 Å². The molecule has 2 aromatic carbocycles. The highest BCUT2D eigenvalue weighted by molar-refractivity contribution is 9.10. The van der Waals surface area contributed by atoms with E-state index in [1.807, 2.05) is 6.07 Å². The number of hydrogen-bond donors (Lipinski definition) is 3. The predicted octanol–water partition coefficient (Wildman–Crippen LogP) is 2.24. The second kappa shape index (κ2) is 7.95. The summed E-state index contributed by atoms with van der Waals surface area (Å²) < 4.78 is 2.18. The molecule has 9 nitrogen and oxygen atoms in total. The molecule has 0 radical (unpaired) electrons. The van der Waals surface area contributed by atoms with Gasteiger partial charge in [-0.3, -0.25) is 24.3 Å². The molecule has 158 valence electrons. The minimum Gasteiger partial charge on any atom is -0.326 e. The fraction of sp³-hybridized carbons (Fsp3) is 0.190. The zero-order chi connectivity index (χ0) is 22.2. The number of rotatable bonds is 5. The Labute approximate surface area is 185 Å². The summed E-state index contributed by atoms with van der Waals surface area (Å²) in [5.41, 5.74) is 0.353. The number of hydrogen-bond acceptors (Lipinski definition) is 5. The van der Waals surface area contributed by atoms with Crippen LogP contribution in [-0.2, 0) is 21.7 Å². The number of amides is 4. The van der Waals surface area contributed by atoms with Crippen molar-refractivity contribution in [2.45, 2.75) is 25.4 Å². The van der Waals surface area contributed by atoms with Crippen molar-refractivity contribution in [3.8, 4) is 0 Å². The molecule has 1 saturated heterocycles. The van der Waals surface area contributed by atoms with Crippen LogP contribution in [0.5, 0.6) is 0 Å². The van der Waals surface area contributed by atoms with Crippen LogP contribution in [0.4, 0.5) is 10.5 Å². The van der Waals surface area contributed by atoms with Crippen molar-refractivity contribution < 1.29 is 14.4 Å². The maximum absolute atomic E-state index is 12.6. The van der Waals surface area contributed by atoms with Gasteiger partial charge in [0, 0.05) is 23.1 Å². The van der Waals surface area contributed by atoms with Crippen molar-refractivity contribution in [3.05, 3.63) is 69.2 Å². The number of anilines is 1. The Hall–Kier alpha value is -3.53. The van der Waals surface area contributed by atoms with Gasteiger partial charge in [-0.05, 0) is 42.8 Å². The van der Waals surface area contributed by atoms with Gasteiger partial charge in [-0.2, -0.15) is 0 Å². The number of carbonyl (C=O) groups excluding carboxylic acids is 3. The van der Waals surface area contributed by atoms with E-state index >= 15 is 0 Å². The second-order valence-corrected chi connectivity index (χ2v) is 8.23. The summed E-state index contributed by atoms with van der Waals surface area (Å²) in [5.74, 6) is -0.706. The van der Waals surface area contributed by atoms with Gasteiger partial charge < -0.3 is 10.6 Å². The minimum atomic E-state index is -1.15. The SMILES string of the molecule is CC1(c2ccc(NC(=O)CCn3cnc4ccc(Br)cc4c3=O)cc2)NC(=O)NC1=O. The fourth-order valence-electron chi connectivity index (χ4n) is 3.37. The first-order chi connectivity index (χ1) is 14.8. The third-order valence-corrected chi connectivity index (χ3v) is 5.65. The number of imide groups is 1. The minimum absolute atomic E-state index is 0.0824. The number of aromatic nitrogens is 2. The number of nitrogens with zero attached hydrogens (tertiary/aromatic N) is 2. The number of halogens is 1. The van der Waals surface area contributed by atoms with E-state index in [9.17, 15) is 19.2 Å². The topological polar surface area (TPSA) is 122 Å². The van der Waals surface area contributed by atoms with E-state index in [1.54, 1.807) is 43.3 Å². The molecule has 4 amide bonds. The van der Waals surface area contributed by atoms with Crippen LogP contribution in [0.2, 0.25) is 0 Å². The molecule has 4 rings (SSSR count). The molecule has 3 N–H and O–H groups in total. The van der Waals surface area contributed by atoms with E-state index in [2.05, 4.69) is 36.9 Å². The molecule has 1 aliphatic heterocycles.